The fraction of sp³-hybridized carbons (Fsp3) is 0.286. The Kier molecular flexibility index (Phi) is 7.56. The minimum absolute atomic E-state index is 0.0731. The Morgan fingerprint density at radius 1 is 1.09 bits per heavy atom. The van der Waals surface area contributed by atoms with Crippen LogP contribution in [0.2, 0.25) is 0 Å². The number of thiophene rings is 1. The van der Waals surface area contributed by atoms with E-state index in [4.69, 9.17) is 9.47 Å². The highest BCUT2D eigenvalue weighted by Crippen LogP contribution is 2.42. The number of aliphatic hydroxyl groups excluding tert-OH is 1. The average molecular weight is 492 g/mol. The number of rotatable bonds is 10. The molecule has 1 amide bonds. The van der Waals surface area contributed by atoms with E-state index < -0.39 is 17.7 Å². The summed E-state index contributed by atoms with van der Waals surface area (Å²) in [7, 11) is 1.56. The lowest BCUT2D eigenvalue weighted by molar-refractivity contribution is -0.130. The molecular formula is C28H29NO5S. The summed E-state index contributed by atoms with van der Waals surface area (Å²) >= 11 is 1.28. The molecule has 7 heteroatoms. The first kappa shape index (κ1) is 24.5. The van der Waals surface area contributed by atoms with Crippen molar-refractivity contribution < 1.29 is 24.2 Å². The number of carbonyl (C=O) groups excluding carboxylic acids is 2. The van der Waals surface area contributed by atoms with Gasteiger partial charge in [0.25, 0.3) is 5.91 Å². The number of benzene rings is 2. The van der Waals surface area contributed by atoms with Crippen molar-refractivity contribution in [2.75, 3.05) is 13.7 Å². The van der Waals surface area contributed by atoms with E-state index in [9.17, 15) is 14.7 Å². The van der Waals surface area contributed by atoms with Gasteiger partial charge in [-0.15, -0.1) is 11.3 Å². The van der Waals surface area contributed by atoms with Gasteiger partial charge in [0.05, 0.1) is 30.2 Å². The van der Waals surface area contributed by atoms with E-state index in [2.05, 4.69) is 13.8 Å². The predicted molar refractivity (Wildman–Crippen MR) is 136 cm³/mol. The van der Waals surface area contributed by atoms with Gasteiger partial charge in [0.1, 0.15) is 0 Å². The van der Waals surface area contributed by atoms with Gasteiger partial charge in [-0.05, 0) is 47.0 Å². The van der Waals surface area contributed by atoms with Gasteiger partial charge in [0.15, 0.2) is 17.3 Å². The molecular weight excluding hydrogens is 462 g/mol. The standard InChI is InChI=1S/C28H29NO5S/c1-18(2)13-14-34-21-12-11-20(16-22(21)33-3)25-24(26(30)23-10-7-15-35-23)27(31)28(32)29(25)17-19-8-5-4-6-9-19/h4-12,15-16,18,25,31H,13-14,17H2,1-3H3. The van der Waals surface area contributed by atoms with Crippen LogP contribution in [0.5, 0.6) is 11.5 Å². The average Bonchev–Trinajstić information content (AvgIpc) is 3.48. The molecule has 35 heavy (non-hydrogen) atoms. The summed E-state index contributed by atoms with van der Waals surface area (Å²) in [4.78, 5) is 28.6. The van der Waals surface area contributed by atoms with E-state index in [1.165, 1.54) is 16.2 Å². The quantitative estimate of drug-likeness (QED) is 0.354. The smallest absolute Gasteiger partial charge is 0.290 e. The van der Waals surface area contributed by atoms with E-state index in [0.29, 0.717) is 34.5 Å². The van der Waals surface area contributed by atoms with E-state index >= 15 is 0 Å². The Hall–Kier alpha value is -3.58. The van der Waals surface area contributed by atoms with Crippen LogP contribution in [0.25, 0.3) is 0 Å². The molecule has 0 fully saturated rings. The summed E-state index contributed by atoms with van der Waals surface area (Å²) < 4.78 is 11.5. The van der Waals surface area contributed by atoms with E-state index in [1.807, 2.05) is 36.4 Å². The van der Waals surface area contributed by atoms with Crippen LogP contribution in [-0.4, -0.2) is 35.4 Å². The lowest BCUT2D eigenvalue weighted by Gasteiger charge is -2.27. The topological polar surface area (TPSA) is 76.1 Å². The highest BCUT2D eigenvalue weighted by atomic mass is 32.1. The van der Waals surface area contributed by atoms with Gasteiger partial charge in [-0.1, -0.05) is 56.3 Å². The number of aliphatic hydroxyl groups is 1. The van der Waals surface area contributed by atoms with Gasteiger partial charge >= 0.3 is 0 Å². The molecule has 1 atom stereocenters. The molecule has 1 aliphatic heterocycles. The van der Waals surface area contributed by atoms with Crippen LogP contribution in [0.4, 0.5) is 0 Å². The van der Waals surface area contributed by atoms with Crippen molar-refractivity contribution in [3.8, 4) is 11.5 Å². The SMILES string of the molecule is COc1cc(C2C(C(=O)c3cccs3)=C(O)C(=O)N2Cc2ccccc2)ccc1OCCC(C)C. The lowest BCUT2D eigenvalue weighted by Crippen LogP contribution is -2.30. The first-order chi connectivity index (χ1) is 16.9. The zero-order valence-corrected chi connectivity index (χ0v) is 20.9. The van der Waals surface area contributed by atoms with Crippen molar-refractivity contribution in [2.45, 2.75) is 32.9 Å². The van der Waals surface area contributed by atoms with Crippen LogP contribution >= 0.6 is 11.3 Å². The van der Waals surface area contributed by atoms with Crippen molar-refractivity contribution in [2.24, 2.45) is 5.92 Å². The molecule has 0 aliphatic carbocycles. The summed E-state index contributed by atoms with van der Waals surface area (Å²) in [5.74, 6) is 0.163. The van der Waals surface area contributed by atoms with Crippen molar-refractivity contribution in [3.63, 3.8) is 0 Å². The Morgan fingerprint density at radius 2 is 1.86 bits per heavy atom. The van der Waals surface area contributed by atoms with Crippen LogP contribution in [-0.2, 0) is 11.3 Å². The van der Waals surface area contributed by atoms with Crippen molar-refractivity contribution >= 4 is 23.0 Å². The van der Waals surface area contributed by atoms with Crippen LogP contribution in [0.15, 0.2) is 77.4 Å². The number of carbonyl (C=O) groups is 2. The Bertz CT molecular complexity index is 1220. The fourth-order valence-electron chi connectivity index (χ4n) is 4.09. The Morgan fingerprint density at radius 3 is 2.51 bits per heavy atom. The van der Waals surface area contributed by atoms with Crippen molar-refractivity contribution in [3.05, 3.63) is 93.4 Å². The van der Waals surface area contributed by atoms with Gasteiger partial charge < -0.3 is 19.5 Å². The zero-order chi connectivity index (χ0) is 24.9. The lowest BCUT2D eigenvalue weighted by atomic mass is 9.94. The number of Topliss-reactive ketones (excluding diaryl/α,β-unsaturated/α-hetero) is 1. The summed E-state index contributed by atoms with van der Waals surface area (Å²) in [5, 5.41) is 12.7. The summed E-state index contributed by atoms with van der Waals surface area (Å²) in [6.45, 7) is 5.06. The molecule has 1 unspecified atom stereocenters. The number of ketones is 1. The maximum absolute atomic E-state index is 13.4. The number of methoxy groups -OCH3 is 1. The maximum atomic E-state index is 13.4. The first-order valence-electron chi connectivity index (χ1n) is 11.6. The Balaban J connectivity index is 1.74. The van der Waals surface area contributed by atoms with Crippen LogP contribution in [0, 0.1) is 5.92 Å². The van der Waals surface area contributed by atoms with E-state index in [-0.39, 0.29) is 17.9 Å². The molecule has 6 nitrogen and oxygen atoms in total. The second-order valence-electron chi connectivity index (χ2n) is 8.83. The van der Waals surface area contributed by atoms with Crippen LogP contribution < -0.4 is 9.47 Å². The number of hydrogen-bond donors (Lipinski definition) is 1. The summed E-state index contributed by atoms with van der Waals surface area (Å²) in [6, 6.07) is 17.6. The molecule has 4 rings (SSSR count). The summed E-state index contributed by atoms with van der Waals surface area (Å²) in [6.07, 6.45) is 0.906. The number of nitrogens with zero attached hydrogens (tertiary/aromatic N) is 1. The highest BCUT2D eigenvalue weighted by Gasteiger charge is 2.44. The predicted octanol–water partition coefficient (Wildman–Crippen LogP) is 5.96. The molecule has 1 aromatic heterocycles. The van der Waals surface area contributed by atoms with E-state index in [0.717, 1.165) is 12.0 Å². The van der Waals surface area contributed by atoms with Crippen LogP contribution in [0.3, 0.4) is 0 Å². The molecule has 0 radical (unpaired) electrons. The molecule has 2 heterocycles. The molecule has 2 aromatic carbocycles. The molecule has 0 spiro atoms. The summed E-state index contributed by atoms with van der Waals surface area (Å²) in [5.41, 5.74) is 1.62. The molecule has 182 valence electrons. The molecule has 1 N–H and O–H groups in total. The van der Waals surface area contributed by atoms with Gasteiger partial charge in [-0.25, -0.2) is 0 Å². The van der Waals surface area contributed by atoms with Crippen molar-refractivity contribution in [1.29, 1.82) is 0 Å². The largest absolute Gasteiger partial charge is 0.503 e. The monoisotopic (exact) mass is 491 g/mol. The second-order valence-corrected chi connectivity index (χ2v) is 9.78. The van der Waals surface area contributed by atoms with Gasteiger partial charge in [0, 0.05) is 6.54 Å². The third kappa shape index (κ3) is 5.25. The Labute approximate surface area is 209 Å². The molecule has 0 bridgehead atoms. The fourth-order valence-corrected chi connectivity index (χ4v) is 4.77. The number of amides is 1. The van der Waals surface area contributed by atoms with E-state index in [1.54, 1.807) is 36.8 Å². The minimum atomic E-state index is -0.768. The molecule has 1 aliphatic rings. The van der Waals surface area contributed by atoms with Crippen LogP contribution in [0.1, 0.15) is 47.1 Å². The number of ether oxygens (including phenoxy) is 2. The maximum Gasteiger partial charge on any atom is 0.290 e. The molecule has 3 aromatic rings. The normalized spacial score (nSPS) is 15.7. The van der Waals surface area contributed by atoms with Gasteiger partial charge in [0.2, 0.25) is 5.78 Å². The zero-order valence-electron chi connectivity index (χ0n) is 20.1. The minimum Gasteiger partial charge on any atom is -0.503 e. The van der Waals surface area contributed by atoms with Gasteiger partial charge in [-0.2, -0.15) is 0 Å². The van der Waals surface area contributed by atoms with Crippen molar-refractivity contribution in [1.82, 2.24) is 4.90 Å². The molecule has 0 saturated carbocycles. The second kappa shape index (κ2) is 10.8. The molecule has 0 saturated heterocycles. The third-order valence-corrected chi connectivity index (χ3v) is 6.81. The number of hydrogen-bond acceptors (Lipinski definition) is 6. The highest BCUT2D eigenvalue weighted by molar-refractivity contribution is 7.12. The third-order valence-electron chi connectivity index (χ3n) is 5.95. The first-order valence-corrected chi connectivity index (χ1v) is 12.5. The van der Waals surface area contributed by atoms with Gasteiger partial charge in [-0.3, -0.25) is 9.59 Å².